The van der Waals surface area contributed by atoms with E-state index in [0.29, 0.717) is 16.1 Å². The van der Waals surface area contributed by atoms with Gasteiger partial charge < -0.3 is 5.32 Å². The number of carbonyl (C=O) groups excluding carboxylic acids is 1. The summed E-state index contributed by atoms with van der Waals surface area (Å²) in [6, 6.07) is 7.49. The number of aryl methyl sites for hydroxylation is 1. The van der Waals surface area contributed by atoms with Gasteiger partial charge in [-0.05, 0) is 49.2 Å². The summed E-state index contributed by atoms with van der Waals surface area (Å²) in [4.78, 5) is 12.4. The normalized spacial score (nSPS) is 12.0. The van der Waals surface area contributed by atoms with E-state index in [-0.39, 0.29) is 5.02 Å². The van der Waals surface area contributed by atoms with Crippen LogP contribution in [0.3, 0.4) is 0 Å². The third-order valence-electron chi connectivity index (χ3n) is 4.11. The molecular weight excluding hydrogens is 417 g/mol. The molecule has 0 aliphatic carbocycles. The number of halogens is 4. The highest BCUT2D eigenvalue weighted by Gasteiger charge is 2.33. The molecule has 1 amide bonds. The number of hydrogen-bond donors (Lipinski definition) is 1. The first kappa shape index (κ1) is 22.0. The van der Waals surface area contributed by atoms with Gasteiger partial charge in [0.1, 0.15) is 6.54 Å². The molecule has 0 saturated heterocycles. The average Bonchev–Trinajstić information content (AvgIpc) is 2.55. The molecule has 0 heterocycles. The SMILES string of the molecule is Cc1cccc(NC(=O)CN(c2cc(C(F)(F)F)ccc2Cl)S(C)(=O)=O)c1C. The number of sulfonamides is 1. The molecule has 5 nitrogen and oxygen atoms in total. The van der Waals surface area contributed by atoms with Gasteiger partial charge in [-0.15, -0.1) is 0 Å². The van der Waals surface area contributed by atoms with Gasteiger partial charge >= 0.3 is 6.18 Å². The van der Waals surface area contributed by atoms with Crippen LogP contribution in [0.1, 0.15) is 16.7 Å². The molecule has 0 spiro atoms. The Labute approximate surface area is 166 Å². The van der Waals surface area contributed by atoms with Crippen LogP contribution in [0.15, 0.2) is 36.4 Å². The summed E-state index contributed by atoms with van der Waals surface area (Å²) in [6.45, 7) is 2.90. The molecule has 0 aliphatic rings. The predicted molar refractivity (Wildman–Crippen MR) is 103 cm³/mol. The van der Waals surface area contributed by atoms with Crippen molar-refractivity contribution in [1.82, 2.24) is 0 Å². The number of amides is 1. The van der Waals surface area contributed by atoms with Crippen molar-refractivity contribution >= 4 is 38.9 Å². The van der Waals surface area contributed by atoms with E-state index in [0.717, 1.165) is 29.5 Å². The van der Waals surface area contributed by atoms with Crippen LogP contribution in [-0.2, 0) is 21.0 Å². The Hall–Kier alpha value is -2.26. The minimum absolute atomic E-state index is 0.224. The number of anilines is 2. The standard InChI is InChI=1S/C18H18ClF3N2O3S/c1-11-5-4-6-15(12(11)2)23-17(25)10-24(28(3,26)27)16-9-13(18(20,21)22)7-8-14(16)19/h4-9H,10H2,1-3H3,(H,23,25). The molecule has 0 atom stereocenters. The zero-order valence-corrected chi connectivity index (χ0v) is 16.8. The van der Waals surface area contributed by atoms with Gasteiger partial charge in [0, 0.05) is 5.69 Å². The summed E-state index contributed by atoms with van der Waals surface area (Å²) in [5, 5.41) is 2.35. The minimum Gasteiger partial charge on any atom is -0.324 e. The van der Waals surface area contributed by atoms with Crippen molar-refractivity contribution in [3.8, 4) is 0 Å². The molecular formula is C18H18ClF3N2O3S. The third-order valence-corrected chi connectivity index (χ3v) is 5.55. The first-order valence-electron chi connectivity index (χ1n) is 8.01. The second-order valence-corrected chi connectivity index (χ2v) is 8.54. The molecule has 1 N–H and O–H groups in total. The molecule has 2 rings (SSSR count). The van der Waals surface area contributed by atoms with Crippen molar-refractivity contribution < 1.29 is 26.4 Å². The van der Waals surface area contributed by atoms with Crippen molar-refractivity contribution in [2.45, 2.75) is 20.0 Å². The summed E-state index contributed by atoms with van der Waals surface area (Å²) in [7, 11) is -4.09. The molecule has 0 saturated carbocycles. The van der Waals surface area contributed by atoms with Crippen molar-refractivity contribution in [2.24, 2.45) is 0 Å². The molecule has 0 unspecified atom stereocenters. The Bertz CT molecular complexity index is 1010. The van der Waals surface area contributed by atoms with Crippen molar-refractivity contribution in [1.29, 1.82) is 0 Å². The smallest absolute Gasteiger partial charge is 0.324 e. The van der Waals surface area contributed by atoms with Gasteiger partial charge in [-0.1, -0.05) is 23.7 Å². The van der Waals surface area contributed by atoms with Crippen LogP contribution in [0.4, 0.5) is 24.5 Å². The number of nitrogens with one attached hydrogen (secondary N) is 1. The largest absolute Gasteiger partial charge is 0.416 e. The summed E-state index contributed by atoms with van der Waals surface area (Å²) in [6.07, 6.45) is -3.90. The van der Waals surface area contributed by atoms with E-state index in [1.54, 1.807) is 19.1 Å². The Morgan fingerprint density at radius 3 is 2.39 bits per heavy atom. The fourth-order valence-electron chi connectivity index (χ4n) is 2.47. The fourth-order valence-corrected chi connectivity index (χ4v) is 3.60. The zero-order valence-electron chi connectivity index (χ0n) is 15.3. The molecule has 28 heavy (non-hydrogen) atoms. The van der Waals surface area contributed by atoms with Gasteiger partial charge in [0.05, 0.1) is 22.5 Å². The van der Waals surface area contributed by atoms with E-state index in [4.69, 9.17) is 11.6 Å². The quantitative estimate of drug-likeness (QED) is 0.759. The fraction of sp³-hybridized carbons (Fsp3) is 0.278. The average molecular weight is 435 g/mol. The molecule has 10 heteroatoms. The number of rotatable bonds is 5. The van der Waals surface area contributed by atoms with Crippen LogP contribution < -0.4 is 9.62 Å². The van der Waals surface area contributed by atoms with Crippen LogP contribution in [0.25, 0.3) is 0 Å². The van der Waals surface area contributed by atoms with E-state index >= 15 is 0 Å². The van der Waals surface area contributed by atoms with Gasteiger partial charge in [-0.25, -0.2) is 8.42 Å². The molecule has 0 radical (unpaired) electrons. The molecule has 2 aromatic rings. The highest BCUT2D eigenvalue weighted by atomic mass is 35.5. The maximum atomic E-state index is 13.0. The zero-order chi connectivity index (χ0) is 21.3. The summed E-state index contributed by atoms with van der Waals surface area (Å²) >= 11 is 5.93. The molecule has 2 aromatic carbocycles. The van der Waals surface area contributed by atoms with Gasteiger partial charge in [0.25, 0.3) is 0 Å². The Morgan fingerprint density at radius 1 is 1.18 bits per heavy atom. The Balaban J connectivity index is 2.38. The molecule has 0 aromatic heterocycles. The Morgan fingerprint density at radius 2 is 1.82 bits per heavy atom. The highest BCUT2D eigenvalue weighted by molar-refractivity contribution is 7.92. The van der Waals surface area contributed by atoms with Crippen LogP contribution in [0, 0.1) is 13.8 Å². The molecule has 0 fully saturated rings. The number of nitrogens with zero attached hydrogens (tertiary/aromatic N) is 1. The highest BCUT2D eigenvalue weighted by Crippen LogP contribution is 2.36. The minimum atomic E-state index is -4.69. The maximum Gasteiger partial charge on any atom is 0.416 e. The van der Waals surface area contributed by atoms with E-state index in [2.05, 4.69) is 5.32 Å². The number of hydrogen-bond acceptors (Lipinski definition) is 3. The van der Waals surface area contributed by atoms with E-state index in [1.165, 1.54) is 0 Å². The molecule has 152 valence electrons. The monoisotopic (exact) mass is 434 g/mol. The summed E-state index contributed by atoms with van der Waals surface area (Å²) in [5.41, 5.74) is 0.691. The van der Waals surface area contributed by atoms with Crippen molar-refractivity contribution in [2.75, 3.05) is 22.4 Å². The van der Waals surface area contributed by atoms with Crippen LogP contribution >= 0.6 is 11.6 Å². The second kappa shape index (κ2) is 8.00. The first-order chi connectivity index (χ1) is 12.8. The lowest BCUT2D eigenvalue weighted by Gasteiger charge is -2.24. The van der Waals surface area contributed by atoms with E-state index in [9.17, 15) is 26.4 Å². The van der Waals surface area contributed by atoms with Gasteiger partial charge in [-0.2, -0.15) is 13.2 Å². The number of benzene rings is 2. The van der Waals surface area contributed by atoms with E-state index < -0.39 is 39.9 Å². The van der Waals surface area contributed by atoms with E-state index in [1.807, 2.05) is 13.0 Å². The summed E-state index contributed by atoms with van der Waals surface area (Å²) in [5.74, 6) is -0.715. The van der Waals surface area contributed by atoms with Gasteiger partial charge in [-0.3, -0.25) is 9.10 Å². The second-order valence-electron chi connectivity index (χ2n) is 6.23. The summed E-state index contributed by atoms with van der Waals surface area (Å²) < 4.78 is 63.9. The molecule has 0 aliphatic heterocycles. The number of alkyl halides is 3. The van der Waals surface area contributed by atoms with Crippen LogP contribution in [0.5, 0.6) is 0 Å². The molecule has 0 bridgehead atoms. The lowest BCUT2D eigenvalue weighted by atomic mass is 10.1. The lowest BCUT2D eigenvalue weighted by molar-refractivity contribution is -0.137. The van der Waals surface area contributed by atoms with Crippen LogP contribution in [0.2, 0.25) is 5.02 Å². The van der Waals surface area contributed by atoms with Gasteiger partial charge in [0.2, 0.25) is 15.9 Å². The number of carbonyl (C=O) groups is 1. The Kier molecular flexibility index (Phi) is 6.30. The maximum absolute atomic E-state index is 13.0. The topological polar surface area (TPSA) is 66.5 Å². The third kappa shape index (κ3) is 5.17. The van der Waals surface area contributed by atoms with Crippen molar-refractivity contribution in [3.05, 3.63) is 58.1 Å². The van der Waals surface area contributed by atoms with Crippen LogP contribution in [-0.4, -0.2) is 27.1 Å². The predicted octanol–water partition coefficient (Wildman–Crippen LogP) is 4.38. The van der Waals surface area contributed by atoms with Gasteiger partial charge in [0.15, 0.2) is 0 Å². The van der Waals surface area contributed by atoms with Crippen molar-refractivity contribution in [3.63, 3.8) is 0 Å². The lowest BCUT2D eigenvalue weighted by Crippen LogP contribution is -2.38. The first-order valence-corrected chi connectivity index (χ1v) is 10.2.